The predicted octanol–water partition coefficient (Wildman–Crippen LogP) is 3.80. The number of rotatable bonds is 5. The van der Waals surface area contributed by atoms with E-state index in [0.717, 1.165) is 5.39 Å². The Bertz CT molecular complexity index is 1070. The van der Waals surface area contributed by atoms with Crippen molar-refractivity contribution >= 4 is 44.4 Å². The van der Waals surface area contributed by atoms with Crippen molar-refractivity contribution in [2.45, 2.75) is 32.9 Å². The summed E-state index contributed by atoms with van der Waals surface area (Å²) in [4.78, 5) is 28.7. The SMILES string of the molecule is COc1cc2nn(CC(=O)OC(C)(C)C)cc2cc1NC(=O)c1cccc(Br)n1. The molecule has 1 aromatic carbocycles. The fraction of sp³-hybridized carbons (Fsp3) is 0.300. The Hall–Kier alpha value is -2.94. The largest absolute Gasteiger partial charge is 0.494 e. The van der Waals surface area contributed by atoms with E-state index >= 15 is 0 Å². The van der Waals surface area contributed by atoms with Crippen molar-refractivity contribution in [3.05, 3.63) is 46.8 Å². The van der Waals surface area contributed by atoms with E-state index < -0.39 is 5.60 Å². The number of esters is 1. The fourth-order valence-electron chi connectivity index (χ4n) is 2.68. The minimum absolute atomic E-state index is 0.0160. The summed E-state index contributed by atoms with van der Waals surface area (Å²) >= 11 is 3.25. The van der Waals surface area contributed by atoms with Gasteiger partial charge in [0.15, 0.2) is 0 Å². The molecule has 0 aliphatic heterocycles. The molecule has 0 saturated heterocycles. The number of carbonyl (C=O) groups excluding carboxylic acids is 2. The Kier molecular flexibility index (Phi) is 5.88. The summed E-state index contributed by atoms with van der Waals surface area (Å²) in [5.41, 5.74) is 0.805. The van der Waals surface area contributed by atoms with Crippen LogP contribution in [0.25, 0.3) is 10.9 Å². The summed E-state index contributed by atoms with van der Waals surface area (Å²) in [6, 6.07) is 8.52. The number of benzene rings is 1. The molecule has 29 heavy (non-hydrogen) atoms. The summed E-state index contributed by atoms with van der Waals surface area (Å²) in [7, 11) is 1.51. The van der Waals surface area contributed by atoms with Crippen LogP contribution in [0.15, 0.2) is 41.1 Å². The molecule has 152 valence electrons. The summed E-state index contributed by atoms with van der Waals surface area (Å²) in [5.74, 6) is -0.306. The standard InChI is InChI=1S/C20H21BrN4O4/c1-20(2,3)29-18(26)11-25-10-12-8-15(16(28-4)9-14(12)24-25)23-19(27)13-6-5-7-17(21)22-13/h5-10H,11H2,1-4H3,(H,23,27). The third-order valence-electron chi connectivity index (χ3n) is 3.78. The van der Waals surface area contributed by atoms with E-state index in [1.165, 1.54) is 11.8 Å². The molecule has 2 heterocycles. The lowest BCUT2D eigenvalue weighted by atomic mass is 10.2. The number of amides is 1. The summed E-state index contributed by atoms with van der Waals surface area (Å²) in [6.45, 7) is 5.41. The van der Waals surface area contributed by atoms with Gasteiger partial charge in [0.1, 0.15) is 28.2 Å². The minimum atomic E-state index is -0.565. The third kappa shape index (κ3) is 5.32. The molecule has 0 spiro atoms. The van der Waals surface area contributed by atoms with Gasteiger partial charge in [0.25, 0.3) is 5.91 Å². The topological polar surface area (TPSA) is 95.3 Å². The number of pyridine rings is 1. The van der Waals surface area contributed by atoms with Gasteiger partial charge in [-0.05, 0) is 54.9 Å². The second-order valence-corrected chi connectivity index (χ2v) is 8.14. The van der Waals surface area contributed by atoms with Gasteiger partial charge in [0.2, 0.25) is 0 Å². The lowest BCUT2D eigenvalue weighted by molar-refractivity contribution is -0.155. The molecule has 0 atom stereocenters. The second-order valence-electron chi connectivity index (χ2n) is 7.32. The average molecular weight is 461 g/mol. The molecule has 3 aromatic rings. The maximum Gasteiger partial charge on any atom is 0.328 e. The van der Waals surface area contributed by atoms with Gasteiger partial charge in [-0.3, -0.25) is 14.3 Å². The highest BCUT2D eigenvalue weighted by molar-refractivity contribution is 9.10. The number of halogens is 1. The molecule has 3 rings (SSSR count). The summed E-state index contributed by atoms with van der Waals surface area (Å²) in [5, 5.41) is 7.93. The van der Waals surface area contributed by atoms with E-state index in [-0.39, 0.29) is 24.1 Å². The molecule has 0 bridgehead atoms. The van der Waals surface area contributed by atoms with Gasteiger partial charge in [0.05, 0.1) is 18.3 Å². The number of carbonyl (C=O) groups is 2. The Morgan fingerprint density at radius 2 is 2.00 bits per heavy atom. The summed E-state index contributed by atoms with van der Waals surface area (Å²) in [6.07, 6.45) is 1.71. The van der Waals surface area contributed by atoms with Crippen LogP contribution < -0.4 is 10.1 Å². The number of hydrogen-bond donors (Lipinski definition) is 1. The lowest BCUT2D eigenvalue weighted by Gasteiger charge is -2.19. The number of hydrogen-bond acceptors (Lipinski definition) is 6. The van der Waals surface area contributed by atoms with Crippen molar-refractivity contribution in [1.82, 2.24) is 14.8 Å². The van der Waals surface area contributed by atoms with Crippen molar-refractivity contribution in [2.24, 2.45) is 0 Å². The first-order valence-electron chi connectivity index (χ1n) is 8.85. The molecule has 0 fully saturated rings. The lowest BCUT2D eigenvalue weighted by Crippen LogP contribution is -2.26. The molecule has 0 aliphatic rings. The van der Waals surface area contributed by atoms with Gasteiger partial charge in [0, 0.05) is 17.6 Å². The third-order valence-corrected chi connectivity index (χ3v) is 4.22. The first-order valence-corrected chi connectivity index (χ1v) is 9.65. The van der Waals surface area contributed by atoms with Crippen molar-refractivity contribution in [3.8, 4) is 5.75 Å². The number of nitrogens with zero attached hydrogens (tertiary/aromatic N) is 3. The van der Waals surface area contributed by atoms with Gasteiger partial charge in [-0.25, -0.2) is 4.98 Å². The number of anilines is 1. The Labute approximate surface area is 176 Å². The number of fused-ring (bicyclic) bond motifs is 1. The van der Waals surface area contributed by atoms with Crippen LogP contribution in [0.2, 0.25) is 0 Å². The van der Waals surface area contributed by atoms with E-state index in [9.17, 15) is 9.59 Å². The van der Waals surface area contributed by atoms with E-state index in [2.05, 4.69) is 31.3 Å². The highest BCUT2D eigenvalue weighted by Gasteiger charge is 2.18. The van der Waals surface area contributed by atoms with Crippen LogP contribution in [0, 0.1) is 0 Å². The zero-order valence-corrected chi connectivity index (χ0v) is 18.1. The normalized spacial score (nSPS) is 11.3. The van der Waals surface area contributed by atoms with Gasteiger partial charge >= 0.3 is 5.97 Å². The number of nitrogens with one attached hydrogen (secondary N) is 1. The molecule has 0 saturated carbocycles. The molecule has 0 unspecified atom stereocenters. The van der Waals surface area contributed by atoms with Crippen molar-refractivity contribution in [3.63, 3.8) is 0 Å². The van der Waals surface area contributed by atoms with Crippen LogP contribution in [0.4, 0.5) is 5.69 Å². The fourth-order valence-corrected chi connectivity index (χ4v) is 3.02. The van der Waals surface area contributed by atoms with Crippen LogP contribution in [-0.4, -0.2) is 39.4 Å². The van der Waals surface area contributed by atoms with E-state index in [0.29, 0.717) is 21.6 Å². The maximum absolute atomic E-state index is 12.5. The van der Waals surface area contributed by atoms with Crippen molar-refractivity contribution < 1.29 is 19.1 Å². The Balaban J connectivity index is 1.85. The molecule has 0 radical (unpaired) electrons. The van der Waals surface area contributed by atoms with Crippen molar-refractivity contribution in [2.75, 3.05) is 12.4 Å². The van der Waals surface area contributed by atoms with Crippen LogP contribution in [-0.2, 0) is 16.1 Å². The zero-order chi connectivity index (χ0) is 21.2. The second kappa shape index (κ2) is 8.20. The molecule has 2 aromatic heterocycles. The maximum atomic E-state index is 12.5. The summed E-state index contributed by atoms with van der Waals surface area (Å²) < 4.78 is 12.8. The van der Waals surface area contributed by atoms with Gasteiger partial charge in [-0.15, -0.1) is 0 Å². The van der Waals surface area contributed by atoms with Crippen LogP contribution in [0.1, 0.15) is 31.3 Å². The molecule has 9 heteroatoms. The number of methoxy groups -OCH3 is 1. The zero-order valence-electron chi connectivity index (χ0n) is 16.5. The highest BCUT2D eigenvalue weighted by Crippen LogP contribution is 2.30. The number of ether oxygens (including phenoxy) is 2. The highest BCUT2D eigenvalue weighted by atomic mass is 79.9. The number of aromatic nitrogens is 3. The smallest absolute Gasteiger partial charge is 0.328 e. The quantitative estimate of drug-likeness (QED) is 0.459. The van der Waals surface area contributed by atoms with E-state index in [4.69, 9.17) is 9.47 Å². The Morgan fingerprint density at radius 1 is 1.24 bits per heavy atom. The molecule has 1 N–H and O–H groups in total. The Morgan fingerprint density at radius 3 is 2.66 bits per heavy atom. The van der Waals surface area contributed by atoms with Gasteiger partial charge in [-0.2, -0.15) is 5.10 Å². The van der Waals surface area contributed by atoms with Gasteiger partial charge < -0.3 is 14.8 Å². The molecular weight excluding hydrogens is 440 g/mol. The van der Waals surface area contributed by atoms with E-state index in [1.807, 2.05) is 20.8 Å². The molecule has 1 amide bonds. The molecule has 0 aliphatic carbocycles. The monoisotopic (exact) mass is 460 g/mol. The first-order chi connectivity index (χ1) is 13.6. The first kappa shape index (κ1) is 20.8. The van der Waals surface area contributed by atoms with E-state index in [1.54, 1.807) is 36.5 Å². The van der Waals surface area contributed by atoms with Crippen LogP contribution in [0.3, 0.4) is 0 Å². The van der Waals surface area contributed by atoms with Crippen LogP contribution >= 0.6 is 15.9 Å². The molecular formula is C20H21BrN4O4. The van der Waals surface area contributed by atoms with Gasteiger partial charge in [-0.1, -0.05) is 6.07 Å². The van der Waals surface area contributed by atoms with Crippen molar-refractivity contribution in [1.29, 1.82) is 0 Å². The average Bonchev–Trinajstić information content (AvgIpc) is 3.00. The predicted molar refractivity (Wildman–Crippen MR) is 112 cm³/mol. The van der Waals surface area contributed by atoms with Crippen LogP contribution in [0.5, 0.6) is 5.75 Å². The minimum Gasteiger partial charge on any atom is -0.494 e. The molecule has 8 nitrogen and oxygen atoms in total.